The Labute approximate surface area is 146 Å². The highest BCUT2D eigenvalue weighted by molar-refractivity contribution is 5.73. The highest BCUT2D eigenvalue weighted by atomic mass is 16.5. The molecule has 0 aliphatic heterocycles. The number of amides is 2. The Morgan fingerprint density at radius 1 is 0.960 bits per heavy atom. The van der Waals surface area contributed by atoms with Crippen LogP contribution < -0.4 is 15.4 Å². The van der Waals surface area contributed by atoms with Gasteiger partial charge in [-0.05, 0) is 29.7 Å². The van der Waals surface area contributed by atoms with E-state index in [2.05, 4.69) is 10.6 Å². The van der Waals surface area contributed by atoms with E-state index >= 15 is 0 Å². The van der Waals surface area contributed by atoms with Crippen molar-refractivity contribution in [2.45, 2.75) is 26.0 Å². The third-order valence-electron chi connectivity index (χ3n) is 3.45. The maximum absolute atomic E-state index is 11.7. The minimum atomic E-state index is -0.864. The largest absolute Gasteiger partial charge is 0.489 e. The summed E-state index contributed by atoms with van der Waals surface area (Å²) in [5, 5.41) is 13.9. The quantitative estimate of drug-likeness (QED) is 0.612. The topological polar surface area (TPSA) is 87.7 Å². The molecule has 0 heterocycles. The number of carboxylic acid groups (broad SMARTS) is 1. The number of hydrogen-bond donors (Lipinski definition) is 3. The molecule has 132 valence electrons. The highest BCUT2D eigenvalue weighted by Crippen LogP contribution is 2.12. The second-order valence-electron chi connectivity index (χ2n) is 5.53. The van der Waals surface area contributed by atoms with E-state index in [0.717, 1.165) is 16.9 Å². The standard InChI is InChI=1S/C19H22N2O4/c22-18(23)10-5-11-20-19(24)21-13-15-6-4-7-16(12-15)14-25-17-8-2-1-3-9-17/h1-4,6-9,12H,5,10-11,13-14H2,(H,22,23)(H2,20,21,24). The molecule has 6 nitrogen and oxygen atoms in total. The highest BCUT2D eigenvalue weighted by Gasteiger charge is 2.03. The smallest absolute Gasteiger partial charge is 0.315 e. The van der Waals surface area contributed by atoms with Crippen LogP contribution in [-0.4, -0.2) is 23.7 Å². The predicted molar refractivity (Wildman–Crippen MR) is 94.3 cm³/mol. The molecule has 2 aromatic rings. The third-order valence-corrected chi connectivity index (χ3v) is 3.45. The molecule has 0 fully saturated rings. The number of para-hydroxylation sites is 1. The molecule has 6 heteroatoms. The molecular formula is C19H22N2O4. The molecule has 2 amide bonds. The van der Waals surface area contributed by atoms with Crippen molar-refractivity contribution >= 4 is 12.0 Å². The van der Waals surface area contributed by atoms with Crippen molar-refractivity contribution in [2.24, 2.45) is 0 Å². The van der Waals surface area contributed by atoms with E-state index in [9.17, 15) is 9.59 Å². The maximum atomic E-state index is 11.7. The lowest BCUT2D eigenvalue weighted by molar-refractivity contribution is -0.137. The number of carbonyl (C=O) groups excluding carboxylic acids is 1. The number of hydrogen-bond acceptors (Lipinski definition) is 3. The summed E-state index contributed by atoms with van der Waals surface area (Å²) >= 11 is 0. The molecule has 0 saturated heterocycles. The number of carbonyl (C=O) groups is 2. The Morgan fingerprint density at radius 3 is 2.48 bits per heavy atom. The van der Waals surface area contributed by atoms with Crippen molar-refractivity contribution < 1.29 is 19.4 Å². The Morgan fingerprint density at radius 2 is 1.72 bits per heavy atom. The van der Waals surface area contributed by atoms with Crippen molar-refractivity contribution in [1.82, 2.24) is 10.6 Å². The zero-order valence-corrected chi connectivity index (χ0v) is 13.9. The number of benzene rings is 2. The number of aliphatic carboxylic acids is 1. The first-order valence-electron chi connectivity index (χ1n) is 8.12. The Balaban J connectivity index is 1.73. The van der Waals surface area contributed by atoms with Gasteiger partial charge >= 0.3 is 12.0 Å². The van der Waals surface area contributed by atoms with Gasteiger partial charge in [0, 0.05) is 19.5 Å². The summed E-state index contributed by atoms with van der Waals surface area (Å²) in [5.41, 5.74) is 1.99. The molecule has 2 rings (SSSR count). The minimum absolute atomic E-state index is 0.0454. The van der Waals surface area contributed by atoms with Crippen molar-refractivity contribution in [3.8, 4) is 5.75 Å². The van der Waals surface area contributed by atoms with Gasteiger partial charge in [-0.1, -0.05) is 42.5 Å². The Bertz CT molecular complexity index is 689. The Hall–Kier alpha value is -3.02. The van der Waals surface area contributed by atoms with Gasteiger partial charge in [-0.15, -0.1) is 0 Å². The maximum Gasteiger partial charge on any atom is 0.315 e. The van der Waals surface area contributed by atoms with Crippen LogP contribution >= 0.6 is 0 Å². The average Bonchev–Trinajstić information content (AvgIpc) is 2.63. The molecule has 2 aromatic carbocycles. The van der Waals surface area contributed by atoms with E-state index in [1.165, 1.54) is 0 Å². The molecule has 0 aliphatic rings. The van der Waals surface area contributed by atoms with Crippen LogP contribution in [0.4, 0.5) is 4.79 Å². The number of rotatable bonds is 9. The van der Waals surface area contributed by atoms with Crippen molar-refractivity contribution in [2.75, 3.05) is 6.54 Å². The number of ether oxygens (including phenoxy) is 1. The summed E-state index contributed by atoms with van der Waals surface area (Å²) in [5.74, 6) is -0.0523. The molecule has 0 saturated carbocycles. The van der Waals surface area contributed by atoms with Crippen LogP contribution in [0.1, 0.15) is 24.0 Å². The van der Waals surface area contributed by atoms with Crippen LogP contribution in [0.15, 0.2) is 54.6 Å². The summed E-state index contributed by atoms with van der Waals surface area (Å²) in [7, 11) is 0. The van der Waals surface area contributed by atoms with Crippen molar-refractivity contribution in [3.63, 3.8) is 0 Å². The van der Waals surface area contributed by atoms with E-state index in [-0.39, 0.29) is 12.5 Å². The molecule has 0 bridgehead atoms. The van der Waals surface area contributed by atoms with Gasteiger partial charge in [-0.3, -0.25) is 4.79 Å². The van der Waals surface area contributed by atoms with Crippen LogP contribution in [0.5, 0.6) is 5.75 Å². The van der Waals surface area contributed by atoms with Gasteiger partial charge in [-0.2, -0.15) is 0 Å². The number of urea groups is 1. The zero-order valence-electron chi connectivity index (χ0n) is 13.9. The second kappa shape index (κ2) is 9.97. The van der Waals surface area contributed by atoms with Gasteiger partial charge < -0.3 is 20.5 Å². The lowest BCUT2D eigenvalue weighted by atomic mass is 10.1. The average molecular weight is 342 g/mol. The first-order valence-corrected chi connectivity index (χ1v) is 8.12. The molecule has 25 heavy (non-hydrogen) atoms. The molecule has 0 aliphatic carbocycles. The van der Waals surface area contributed by atoms with E-state index in [0.29, 0.717) is 26.1 Å². The van der Waals surface area contributed by atoms with Crippen molar-refractivity contribution in [3.05, 3.63) is 65.7 Å². The van der Waals surface area contributed by atoms with E-state index in [1.54, 1.807) is 0 Å². The van der Waals surface area contributed by atoms with E-state index in [4.69, 9.17) is 9.84 Å². The van der Waals surface area contributed by atoms with Crippen LogP contribution in [0.3, 0.4) is 0 Å². The number of carboxylic acids is 1. The van der Waals surface area contributed by atoms with Crippen LogP contribution in [0.2, 0.25) is 0 Å². The van der Waals surface area contributed by atoms with Gasteiger partial charge in [0.2, 0.25) is 0 Å². The summed E-state index contributed by atoms with van der Waals surface area (Å²) in [6.45, 7) is 1.19. The third kappa shape index (κ3) is 7.39. The molecule has 0 radical (unpaired) electrons. The fourth-order valence-electron chi connectivity index (χ4n) is 2.20. The van der Waals surface area contributed by atoms with Gasteiger partial charge in [0.15, 0.2) is 0 Å². The van der Waals surface area contributed by atoms with E-state index < -0.39 is 5.97 Å². The first-order chi connectivity index (χ1) is 12.1. The summed E-state index contributed by atoms with van der Waals surface area (Å²) in [6.07, 6.45) is 0.457. The van der Waals surface area contributed by atoms with Gasteiger partial charge in [-0.25, -0.2) is 4.79 Å². The summed E-state index contributed by atoms with van der Waals surface area (Å²) < 4.78 is 5.71. The molecule has 0 atom stereocenters. The lowest BCUT2D eigenvalue weighted by Gasteiger charge is -2.09. The first kappa shape index (κ1) is 18.3. The second-order valence-corrected chi connectivity index (χ2v) is 5.53. The van der Waals surface area contributed by atoms with Gasteiger partial charge in [0.05, 0.1) is 0 Å². The zero-order chi connectivity index (χ0) is 17.9. The lowest BCUT2D eigenvalue weighted by Crippen LogP contribution is -2.35. The van der Waals surface area contributed by atoms with Gasteiger partial charge in [0.1, 0.15) is 12.4 Å². The molecule has 3 N–H and O–H groups in total. The van der Waals surface area contributed by atoms with Crippen LogP contribution in [0.25, 0.3) is 0 Å². The normalized spacial score (nSPS) is 10.1. The minimum Gasteiger partial charge on any atom is -0.489 e. The predicted octanol–water partition coefficient (Wildman–Crippen LogP) is 2.93. The number of nitrogens with one attached hydrogen (secondary N) is 2. The van der Waals surface area contributed by atoms with Crippen LogP contribution in [-0.2, 0) is 17.9 Å². The van der Waals surface area contributed by atoms with Crippen molar-refractivity contribution in [1.29, 1.82) is 0 Å². The van der Waals surface area contributed by atoms with Gasteiger partial charge in [0.25, 0.3) is 0 Å². The fraction of sp³-hybridized carbons (Fsp3) is 0.263. The fourth-order valence-corrected chi connectivity index (χ4v) is 2.20. The van der Waals surface area contributed by atoms with E-state index in [1.807, 2.05) is 54.6 Å². The SMILES string of the molecule is O=C(O)CCCNC(=O)NCc1cccc(COc2ccccc2)c1. The summed E-state index contributed by atoms with van der Waals surface area (Å²) in [4.78, 5) is 22.1. The Kier molecular flexibility index (Phi) is 7.31. The van der Waals surface area contributed by atoms with Crippen LogP contribution in [0, 0.1) is 0 Å². The molecule has 0 aromatic heterocycles. The monoisotopic (exact) mass is 342 g/mol. The molecule has 0 spiro atoms. The molecular weight excluding hydrogens is 320 g/mol. The molecule has 0 unspecified atom stereocenters. The summed E-state index contributed by atoms with van der Waals surface area (Å²) in [6, 6.07) is 17.1.